The van der Waals surface area contributed by atoms with Gasteiger partial charge in [-0.1, -0.05) is 0 Å². The van der Waals surface area contributed by atoms with Gasteiger partial charge in [0.2, 0.25) is 0 Å². The molecule has 2 fully saturated rings. The maximum absolute atomic E-state index is 12.9. The van der Waals surface area contributed by atoms with Crippen molar-refractivity contribution in [2.24, 2.45) is 0 Å². The Morgan fingerprint density at radius 2 is 1.92 bits per heavy atom. The summed E-state index contributed by atoms with van der Waals surface area (Å²) < 4.78 is 4.94. The Hall–Kier alpha value is -2.12. The number of piperazine rings is 1. The molecule has 1 N–H and O–H groups in total. The summed E-state index contributed by atoms with van der Waals surface area (Å²) in [5.41, 5.74) is 0.620. The first-order chi connectivity index (χ1) is 12.2. The van der Waals surface area contributed by atoms with Gasteiger partial charge in [0.05, 0.1) is 12.1 Å². The monoisotopic (exact) mass is 361 g/mol. The highest BCUT2D eigenvalue weighted by molar-refractivity contribution is 5.96. The number of carbonyl (C=O) groups excluding carboxylic acids is 2. The molecule has 1 aromatic rings. The third-order valence-electron chi connectivity index (χ3n) is 4.77. The van der Waals surface area contributed by atoms with Crippen molar-refractivity contribution in [1.29, 1.82) is 0 Å². The van der Waals surface area contributed by atoms with Crippen LogP contribution >= 0.6 is 0 Å². The fraction of sp³-hybridized carbons (Fsp3) is 0.579. The van der Waals surface area contributed by atoms with Gasteiger partial charge in [-0.2, -0.15) is 0 Å². The first kappa shape index (κ1) is 18.7. The lowest BCUT2D eigenvalue weighted by Crippen LogP contribution is -2.56. The molecule has 2 aliphatic heterocycles. The van der Waals surface area contributed by atoms with Crippen LogP contribution in [0, 0.1) is 0 Å². The number of benzene rings is 1. The van der Waals surface area contributed by atoms with Crippen LogP contribution in [0.4, 0.5) is 10.5 Å². The molecule has 1 aromatic carbocycles. The Labute approximate surface area is 154 Å². The average molecular weight is 361 g/mol. The van der Waals surface area contributed by atoms with Crippen molar-refractivity contribution >= 4 is 17.7 Å². The van der Waals surface area contributed by atoms with Crippen LogP contribution in [0.5, 0.6) is 0 Å². The number of rotatable bonds is 4. The minimum absolute atomic E-state index is 0.00374. The number of hydrogen-bond acceptors (Lipinski definition) is 5. The molecule has 1 atom stereocenters. The lowest BCUT2D eigenvalue weighted by atomic mass is 10.1. The summed E-state index contributed by atoms with van der Waals surface area (Å²) in [5, 5.41) is 9.98. The number of aliphatic hydroxyl groups is 1. The predicted molar refractivity (Wildman–Crippen MR) is 98.4 cm³/mol. The maximum Gasteiger partial charge on any atom is 0.414 e. The molecule has 26 heavy (non-hydrogen) atoms. The zero-order valence-electron chi connectivity index (χ0n) is 15.6. The van der Waals surface area contributed by atoms with Crippen molar-refractivity contribution < 1.29 is 19.4 Å². The molecule has 7 nitrogen and oxygen atoms in total. The maximum atomic E-state index is 12.9. The molecule has 2 heterocycles. The van der Waals surface area contributed by atoms with Crippen molar-refractivity contribution in [3.05, 3.63) is 29.8 Å². The molecule has 0 radical (unpaired) electrons. The summed E-state index contributed by atoms with van der Waals surface area (Å²) in [6, 6.07) is 7.18. The first-order valence-corrected chi connectivity index (χ1v) is 9.05. The molecule has 0 aliphatic carbocycles. The molecule has 2 saturated heterocycles. The Balaban J connectivity index is 1.63. The first-order valence-electron chi connectivity index (χ1n) is 9.05. The van der Waals surface area contributed by atoms with E-state index in [0.29, 0.717) is 31.8 Å². The molecular formula is C19H27N3O4. The summed E-state index contributed by atoms with van der Waals surface area (Å²) in [6.45, 7) is 9.28. The quantitative estimate of drug-likeness (QED) is 0.881. The Bertz CT molecular complexity index is 668. The number of hydrogen-bond donors (Lipinski definition) is 1. The predicted octanol–water partition coefficient (Wildman–Crippen LogP) is 1.56. The second-order valence-electron chi connectivity index (χ2n) is 7.71. The number of β-amino-alcohol motifs (C(OH)–C–C–N with tert-alkyl or cyclic N) is 1. The van der Waals surface area contributed by atoms with E-state index in [1.165, 1.54) is 0 Å². The summed E-state index contributed by atoms with van der Waals surface area (Å²) in [7, 11) is 0. The largest absolute Gasteiger partial charge is 0.447 e. The van der Waals surface area contributed by atoms with Crippen LogP contribution in [0.1, 0.15) is 31.1 Å². The van der Waals surface area contributed by atoms with E-state index < -0.39 is 5.60 Å². The lowest BCUT2D eigenvalue weighted by molar-refractivity contribution is 0.00577. The number of carbonyl (C=O) groups is 2. The lowest BCUT2D eigenvalue weighted by Gasteiger charge is -2.41. The van der Waals surface area contributed by atoms with Crippen molar-refractivity contribution in [1.82, 2.24) is 9.80 Å². The molecule has 7 heteroatoms. The van der Waals surface area contributed by atoms with Crippen LogP contribution in [0.15, 0.2) is 24.3 Å². The van der Waals surface area contributed by atoms with Gasteiger partial charge >= 0.3 is 6.09 Å². The van der Waals surface area contributed by atoms with Gasteiger partial charge in [-0.15, -0.1) is 0 Å². The van der Waals surface area contributed by atoms with Crippen molar-refractivity contribution in [3.63, 3.8) is 0 Å². The zero-order chi connectivity index (χ0) is 18.9. The van der Waals surface area contributed by atoms with E-state index in [1.54, 1.807) is 43.0 Å². The van der Waals surface area contributed by atoms with E-state index in [0.717, 1.165) is 18.8 Å². The van der Waals surface area contributed by atoms with E-state index in [4.69, 9.17) is 4.74 Å². The molecule has 2 aliphatic rings. The van der Waals surface area contributed by atoms with Crippen LogP contribution in [0.3, 0.4) is 0 Å². The average Bonchev–Trinajstić information content (AvgIpc) is 2.99. The second-order valence-corrected chi connectivity index (χ2v) is 7.71. The molecule has 1 unspecified atom stereocenters. The fourth-order valence-electron chi connectivity index (χ4n) is 3.60. The molecule has 0 bridgehead atoms. The summed E-state index contributed by atoms with van der Waals surface area (Å²) in [5.74, 6) is -0.00374. The van der Waals surface area contributed by atoms with Crippen molar-refractivity contribution in [2.45, 2.75) is 32.4 Å². The van der Waals surface area contributed by atoms with Crippen LogP contribution in [0.2, 0.25) is 0 Å². The van der Waals surface area contributed by atoms with E-state index in [-0.39, 0.29) is 18.0 Å². The third-order valence-corrected chi connectivity index (χ3v) is 4.77. The Kier molecular flexibility index (Phi) is 5.20. The molecule has 0 saturated carbocycles. The molecule has 0 spiro atoms. The smallest absolute Gasteiger partial charge is 0.414 e. The third kappa shape index (κ3) is 4.16. The fourth-order valence-corrected chi connectivity index (χ4v) is 3.60. The van der Waals surface area contributed by atoms with Crippen LogP contribution in [-0.2, 0) is 4.74 Å². The van der Waals surface area contributed by atoms with Gasteiger partial charge in [-0.05, 0) is 45.0 Å². The molecule has 2 amide bonds. The van der Waals surface area contributed by atoms with E-state index in [2.05, 4.69) is 4.90 Å². The summed E-state index contributed by atoms with van der Waals surface area (Å²) in [6.07, 6.45) is -0.347. The summed E-state index contributed by atoms with van der Waals surface area (Å²) in [4.78, 5) is 30.1. The molecule has 142 valence electrons. The Morgan fingerprint density at radius 3 is 2.46 bits per heavy atom. The summed E-state index contributed by atoms with van der Waals surface area (Å²) >= 11 is 0. The van der Waals surface area contributed by atoms with Gasteiger partial charge in [-0.3, -0.25) is 14.6 Å². The molecule has 3 rings (SSSR count). The van der Waals surface area contributed by atoms with E-state index in [9.17, 15) is 14.7 Å². The van der Waals surface area contributed by atoms with Crippen molar-refractivity contribution in [3.8, 4) is 0 Å². The standard InChI is InChI=1S/C19H27N3O4/c1-14-12-20(13-19(2,3)25)8-9-21(14)17(23)15-4-6-16(7-5-15)22-10-11-26-18(22)24/h4-7,14,25H,8-13H2,1-3H3. The topological polar surface area (TPSA) is 73.3 Å². The Morgan fingerprint density at radius 1 is 1.23 bits per heavy atom. The van der Waals surface area contributed by atoms with Gasteiger partial charge in [0, 0.05) is 43.5 Å². The van der Waals surface area contributed by atoms with Gasteiger partial charge in [-0.25, -0.2) is 4.79 Å². The SMILES string of the molecule is CC1CN(CC(C)(C)O)CCN1C(=O)c1ccc(N2CCOC2=O)cc1. The van der Waals surface area contributed by atoms with Gasteiger partial charge in [0.25, 0.3) is 5.91 Å². The minimum atomic E-state index is -0.738. The number of anilines is 1. The number of cyclic esters (lactones) is 1. The number of ether oxygens (including phenoxy) is 1. The normalized spacial score (nSPS) is 21.8. The van der Waals surface area contributed by atoms with Gasteiger partial charge in [0.15, 0.2) is 0 Å². The highest BCUT2D eigenvalue weighted by Gasteiger charge is 2.30. The van der Waals surface area contributed by atoms with E-state index in [1.807, 2.05) is 11.8 Å². The highest BCUT2D eigenvalue weighted by Crippen LogP contribution is 2.21. The number of nitrogens with zero attached hydrogens (tertiary/aromatic N) is 3. The van der Waals surface area contributed by atoms with Gasteiger partial charge < -0.3 is 14.7 Å². The molecule has 0 aromatic heterocycles. The highest BCUT2D eigenvalue weighted by atomic mass is 16.6. The molecular weight excluding hydrogens is 334 g/mol. The second kappa shape index (κ2) is 7.25. The van der Waals surface area contributed by atoms with Crippen LogP contribution in [-0.4, -0.2) is 77.9 Å². The van der Waals surface area contributed by atoms with Crippen molar-refractivity contribution in [2.75, 3.05) is 44.2 Å². The van der Waals surface area contributed by atoms with E-state index >= 15 is 0 Å². The number of amides is 2. The minimum Gasteiger partial charge on any atom is -0.447 e. The zero-order valence-corrected chi connectivity index (χ0v) is 15.6. The van der Waals surface area contributed by atoms with Gasteiger partial charge in [0.1, 0.15) is 6.61 Å². The van der Waals surface area contributed by atoms with Crippen LogP contribution in [0.25, 0.3) is 0 Å². The van der Waals surface area contributed by atoms with Crippen LogP contribution < -0.4 is 4.90 Å².